The van der Waals surface area contributed by atoms with Crippen molar-refractivity contribution >= 4 is 22.9 Å². The van der Waals surface area contributed by atoms with Gasteiger partial charge in [0.1, 0.15) is 0 Å². The SMILES string of the molecule is O=C(NCc1cccs1)c1nc(-c2ccc(N3CCOCC3)cc2)no1. The summed E-state index contributed by atoms with van der Waals surface area (Å²) in [4.78, 5) is 19.7. The van der Waals surface area contributed by atoms with Crippen molar-refractivity contribution in [2.45, 2.75) is 6.54 Å². The van der Waals surface area contributed by atoms with Gasteiger partial charge in [0.2, 0.25) is 5.82 Å². The molecule has 2 aromatic heterocycles. The summed E-state index contributed by atoms with van der Waals surface area (Å²) in [6.45, 7) is 3.71. The van der Waals surface area contributed by atoms with Crippen LogP contribution in [0.5, 0.6) is 0 Å². The number of anilines is 1. The zero-order chi connectivity index (χ0) is 17.8. The van der Waals surface area contributed by atoms with E-state index in [0.29, 0.717) is 12.4 Å². The summed E-state index contributed by atoms with van der Waals surface area (Å²) in [6.07, 6.45) is 0. The van der Waals surface area contributed by atoms with E-state index in [9.17, 15) is 4.79 Å². The molecule has 1 amide bonds. The maximum absolute atomic E-state index is 12.1. The van der Waals surface area contributed by atoms with Gasteiger partial charge in [0.25, 0.3) is 0 Å². The Morgan fingerprint density at radius 1 is 1.19 bits per heavy atom. The summed E-state index contributed by atoms with van der Waals surface area (Å²) >= 11 is 1.58. The van der Waals surface area contributed by atoms with Crippen molar-refractivity contribution in [2.75, 3.05) is 31.2 Å². The van der Waals surface area contributed by atoms with Crippen LogP contribution >= 0.6 is 11.3 Å². The van der Waals surface area contributed by atoms with E-state index in [1.807, 2.05) is 41.8 Å². The van der Waals surface area contributed by atoms with Crippen LogP contribution in [0.3, 0.4) is 0 Å². The monoisotopic (exact) mass is 370 g/mol. The second kappa shape index (κ2) is 7.67. The number of thiophene rings is 1. The Balaban J connectivity index is 1.41. The summed E-state index contributed by atoms with van der Waals surface area (Å²) < 4.78 is 10.5. The van der Waals surface area contributed by atoms with Crippen LogP contribution in [-0.4, -0.2) is 42.4 Å². The Morgan fingerprint density at radius 3 is 2.73 bits per heavy atom. The van der Waals surface area contributed by atoms with Gasteiger partial charge in [-0.05, 0) is 35.7 Å². The van der Waals surface area contributed by atoms with Crippen molar-refractivity contribution < 1.29 is 14.1 Å². The lowest BCUT2D eigenvalue weighted by molar-refractivity contribution is 0.0907. The van der Waals surface area contributed by atoms with Crippen LogP contribution in [0.2, 0.25) is 0 Å². The molecule has 7 nitrogen and oxygen atoms in total. The first-order valence-corrected chi connectivity index (χ1v) is 9.25. The molecular weight excluding hydrogens is 352 g/mol. The van der Waals surface area contributed by atoms with E-state index in [1.165, 1.54) is 0 Å². The van der Waals surface area contributed by atoms with Crippen LogP contribution < -0.4 is 10.2 Å². The van der Waals surface area contributed by atoms with Gasteiger partial charge < -0.3 is 19.5 Å². The Labute approximate surface area is 154 Å². The number of ether oxygens (including phenoxy) is 1. The fourth-order valence-electron chi connectivity index (χ4n) is 2.73. The highest BCUT2D eigenvalue weighted by Crippen LogP contribution is 2.22. The largest absolute Gasteiger partial charge is 0.378 e. The second-order valence-corrected chi connectivity index (χ2v) is 6.86. The molecule has 1 aliphatic heterocycles. The molecule has 1 N–H and O–H groups in total. The topological polar surface area (TPSA) is 80.5 Å². The Morgan fingerprint density at radius 2 is 2.00 bits per heavy atom. The number of hydrogen-bond acceptors (Lipinski definition) is 7. The summed E-state index contributed by atoms with van der Waals surface area (Å²) in [5.41, 5.74) is 1.94. The van der Waals surface area contributed by atoms with Crippen LogP contribution in [-0.2, 0) is 11.3 Å². The minimum Gasteiger partial charge on any atom is -0.378 e. The van der Waals surface area contributed by atoms with E-state index in [1.54, 1.807) is 11.3 Å². The molecule has 1 aromatic carbocycles. The molecule has 3 heterocycles. The number of morpholine rings is 1. The predicted octanol–water partition coefficient (Wildman–Crippen LogP) is 2.56. The molecule has 8 heteroatoms. The van der Waals surface area contributed by atoms with Crippen molar-refractivity contribution in [3.05, 3.63) is 52.5 Å². The third-order valence-electron chi connectivity index (χ3n) is 4.13. The Hall–Kier alpha value is -2.71. The fraction of sp³-hybridized carbons (Fsp3) is 0.278. The van der Waals surface area contributed by atoms with Crippen LogP contribution in [0.4, 0.5) is 5.69 Å². The molecule has 26 heavy (non-hydrogen) atoms. The lowest BCUT2D eigenvalue weighted by atomic mass is 10.2. The number of hydrogen-bond donors (Lipinski definition) is 1. The van der Waals surface area contributed by atoms with Crippen LogP contribution in [0.25, 0.3) is 11.4 Å². The second-order valence-electron chi connectivity index (χ2n) is 5.83. The van der Waals surface area contributed by atoms with Crippen molar-refractivity contribution in [1.29, 1.82) is 0 Å². The highest BCUT2D eigenvalue weighted by atomic mass is 32.1. The van der Waals surface area contributed by atoms with Crippen molar-refractivity contribution in [1.82, 2.24) is 15.5 Å². The summed E-state index contributed by atoms with van der Waals surface area (Å²) in [7, 11) is 0. The average Bonchev–Trinajstić information content (AvgIpc) is 3.39. The molecule has 0 atom stereocenters. The van der Waals surface area contributed by atoms with Crippen molar-refractivity contribution in [3.63, 3.8) is 0 Å². The fourth-order valence-corrected chi connectivity index (χ4v) is 3.38. The minimum atomic E-state index is -0.373. The third kappa shape index (κ3) is 3.76. The minimum absolute atomic E-state index is 0.0335. The molecule has 0 spiro atoms. The first-order valence-electron chi connectivity index (χ1n) is 8.37. The first-order chi connectivity index (χ1) is 12.8. The quantitative estimate of drug-likeness (QED) is 0.743. The maximum Gasteiger partial charge on any atom is 0.316 e. The van der Waals surface area contributed by atoms with Gasteiger partial charge in [-0.1, -0.05) is 11.2 Å². The molecule has 134 valence electrons. The number of carbonyl (C=O) groups is 1. The standard InChI is InChI=1S/C18H18N4O3S/c23-17(19-12-15-2-1-11-26-15)18-20-16(21-25-18)13-3-5-14(6-4-13)22-7-9-24-10-8-22/h1-6,11H,7-10,12H2,(H,19,23). The number of amides is 1. The Kier molecular flexibility index (Phi) is 4.94. The van der Waals surface area contributed by atoms with Gasteiger partial charge in [-0.2, -0.15) is 4.98 Å². The van der Waals surface area contributed by atoms with E-state index in [-0.39, 0.29) is 11.8 Å². The predicted molar refractivity (Wildman–Crippen MR) is 98.3 cm³/mol. The molecule has 1 fully saturated rings. The third-order valence-corrected chi connectivity index (χ3v) is 5.00. The van der Waals surface area contributed by atoms with Crippen LogP contribution in [0.15, 0.2) is 46.3 Å². The molecule has 1 saturated heterocycles. The molecule has 0 aliphatic carbocycles. The van der Waals surface area contributed by atoms with E-state index < -0.39 is 0 Å². The lowest BCUT2D eigenvalue weighted by Crippen LogP contribution is -2.36. The van der Waals surface area contributed by atoms with Crippen LogP contribution in [0.1, 0.15) is 15.6 Å². The smallest absolute Gasteiger partial charge is 0.316 e. The Bertz CT molecular complexity index is 855. The number of benzene rings is 1. The number of nitrogens with one attached hydrogen (secondary N) is 1. The summed E-state index contributed by atoms with van der Waals surface area (Å²) in [5, 5.41) is 8.66. The van der Waals surface area contributed by atoms with Crippen LogP contribution in [0, 0.1) is 0 Å². The molecular formula is C18H18N4O3S. The molecule has 3 aromatic rings. The zero-order valence-corrected chi connectivity index (χ0v) is 14.9. The molecule has 0 radical (unpaired) electrons. The lowest BCUT2D eigenvalue weighted by Gasteiger charge is -2.28. The number of rotatable bonds is 5. The molecule has 0 saturated carbocycles. The number of carbonyl (C=O) groups excluding carboxylic acids is 1. The average molecular weight is 370 g/mol. The molecule has 0 bridgehead atoms. The molecule has 4 rings (SSSR count). The van der Waals surface area contributed by atoms with Gasteiger partial charge >= 0.3 is 11.8 Å². The highest BCUT2D eigenvalue weighted by molar-refractivity contribution is 7.09. The molecule has 0 unspecified atom stereocenters. The van der Waals surface area contributed by atoms with E-state index in [0.717, 1.165) is 42.4 Å². The maximum atomic E-state index is 12.1. The van der Waals surface area contributed by atoms with Crippen molar-refractivity contribution in [3.8, 4) is 11.4 Å². The van der Waals surface area contributed by atoms with E-state index in [4.69, 9.17) is 9.26 Å². The normalized spacial score (nSPS) is 14.4. The van der Waals surface area contributed by atoms with E-state index in [2.05, 4.69) is 20.4 Å². The van der Waals surface area contributed by atoms with Crippen molar-refractivity contribution in [2.24, 2.45) is 0 Å². The van der Waals surface area contributed by atoms with Gasteiger partial charge in [0.05, 0.1) is 19.8 Å². The highest BCUT2D eigenvalue weighted by Gasteiger charge is 2.17. The summed E-state index contributed by atoms with van der Waals surface area (Å²) in [6, 6.07) is 11.8. The summed E-state index contributed by atoms with van der Waals surface area (Å²) in [5.74, 6) is -0.00398. The van der Waals surface area contributed by atoms with Gasteiger partial charge in [-0.15, -0.1) is 11.3 Å². The van der Waals surface area contributed by atoms with Gasteiger partial charge in [-0.3, -0.25) is 4.79 Å². The van der Waals surface area contributed by atoms with E-state index >= 15 is 0 Å². The van der Waals surface area contributed by atoms with Gasteiger partial charge in [-0.25, -0.2) is 0 Å². The van der Waals surface area contributed by atoms with Gasteiger partial charge in [0, 0.05) is 29.2 Å². The number of aromatic nitrogens is 2. The molecule has 1 aliphatic rings. The number of nitrogens with zero attached hydrogens (tertiary/aromatic N) is 3. The van der Waals surface area contributed by atoms with Gasteiger partial charge in [0.15, 0.2) is 0 Å². The first kappa shape index (κ1) is 16.7. The zero-order valence-electron chi connectivity index (χ0n) is 14.1.